The first-order valence-corrected chi connectivity index (χ1v) is 15.1. The number of methoxy groups -OCH3 is 1. The number of para-hydroxylation sites is 1. The molecule has 3 aromatic rings. The minimum absolute atomic E-state index is 0.0460. The number of benzene rings is 3. The molecule has 3 aliphatic heterocycles. The molecule has 0 saturated carbocycles. The van der Waals surface area contributed by atoms with Gasteiger partial charge in [-0.1, -0.05) is 36.4 Å². The van der Waals surface area contributed by atoms with E-state index in [9.17, 15) is 4.79 Å². The van der Waals surface area contributed by atoms with Crippen molar-refractivity contribution in [1.82, 2.24) is 10.2 Å². The highest BCUT2D eigenvalue weighted by Gasteiger charge is 2.33. The van der Waals surface area contributed by atoms with Gasteiger partial charge in [-0.25, -0.2) is 0 Å². The van der Waals surface area contributed by atoms with Gasteiger partial charge in [-0.05, 0) is 66.9 Å². The summed E-state index contributed by atoms with van der Waals surface area (Å²) in [5.74, 6) is 2.11. The molecule has 0 spiro atoms. The Morgan fingerprint density at radius 1 is 1.05 bits per heavy atom. The first-order valence-electron chi connectivity index (χ1n) is 15.1. The largest absolute Gasteiger partial charge is 0.490 e. The van der Waals surface area contributed by atoms with E-state index in [4.69, 9.17) is 18.9 Å². The summed E-state index contributed by atoms with van der Waals surface area (Å²) in [6.07, 6.45) is 2.08. The van der Waals surface area contributed by atoms with Gasteiger partial charge in [0.2, 0.25) is 0 Å². The molecular weight excluding hydrogens is 530 g/mol. The van der Waals surface area contributed by atoms with Crippen molar-refractivity contribution in [3.05, 3.63) is 89.5 Å². The molecule has 0 aromatic heterocycles. The lowest BCUT2D eigenvalue weighted by molar-refractivity contribution is 0.0106. The maximum absolute atomic E-state index is 13.1. The van der Waals surface area contributed by atoms with Crippen molar-refractivity contribution in [3.8, 4) is 11.5 Å². The molecule has 42 heavy (non-hydrogen) atoms. The molecule has 0 bridgehead atoms. The molecule has 1 N–H and O–H groups in total. The van der Waals surface area contributed by atoms with Crippen LogP contribution in [0.1, 0.15) is 40.2 Å². The Hall–Kier alpha value is -3.59. The van der Waals surface area contributed by atoms with Gasteiger partial charge >= 0.3 is 0 Å². The fourth-order valence-corrected chi connectivity index (χ4v) is 6.06. The Morgan fingerprint density at radius 2 is 1.88 bits per heavy atom. The number of likely N-dealkylation sites (tertiary alicyclic amines) is 1. The monoisotopic (exact) mass is 571 g/mol. The Balaban J connectivity index is 1.04. The van der Waals surface area contributed by atoms with Gasteiger partial charge in [0.1, 0.15) is 24.2 Å². The van der Waals surface area contributed by atoms with Crippen molar-refractivity contribution in [1.29, 1.82) is 0 Å². The summed E-state index contributed by atoms with van der Waals surface area (Å²) in [5, 5.41) is 3.50. The van der Waals surface area contributed by atoms with Crippen LogP contribution in [-0.4, -0.2) is 82.6 Å². The smallest absolute Gasteiger partial charge is 0.254 e. The zero-order valence-electron chi connectivity index (χ0n) is 24.4. The lowest BCUT2D eigenvalue weighted by Gasteiger charge is -2.39. The van der Waals surface area contributed by atoms with Crippen LogP contribution in [0.2, 0.25) is 0 Å². The summed E-state index contributed by atoms with van der Waals surface area (Å²) in [7, 11) is 1.75. The highest BCUT2D eigenvalue weighted by atomic mass is 16.5. The zero-order valence-corrected chi connectivity index (χ0v) is 24.4. The summed E-state index contributed by atoms with van der Waals surface area (Å²) < 4.78 is 23.6. The zero-order chi connectivity index (χ0) is 28.7. The number of fused-ring (bicyclic) bond motifs is 1. The van der Waals surface area contributed by atoms with E-state index in [-0.39, 0.29) is 24.0 Å². The number of rotatable bonds is 11. The molecule has 1 amide bonds. The summed E-state index contributed by atoms with van der Waals surface area (Å²) in [4.78, 5) is 17.3. The van der Waals surface area contributed by atoms with Gasteiger partial charge in [0.05, 0.1) is 38.0 Å². The number of carbonyl (C=O) groups excluding carboxylic acids is 1. The Bertz CT molecular complexity index is 1310. The number of hydrogen-bond donors (Lipinski definition) is 1. The first-order chi connectivity index (χ1) is 20.7. The van der Waals surface area contributed by atoms with Gasteiger partial charge in [0.25, 0.3) is 5.91 Å². The van der Waals surface area contributed by atoms with Crippen LogP contribution < -0.4 is 19.7 Å². The van der Waals surface area contributed by atoms with Crippen molar-refractivity contribution in [2.75, 3.05) is 64.5 Å². The van der Waals surface area contributed by atoms with E-state index in [2.05, 4.69) is 40.5 Å². The molecule has 222 valence electrons. The molecule has 3 aliphatic rings. The van der Waals surface area contributed by atoms with Crippen LogP contribution in [0.3, 0.4) is 0 Å². The minimum atomic E-state index is 0.0460. The lowest BCUT2D eigenvalue weighted by Crippen LogP contribution is -2.56. The molecule has 0 radical (unpaired) electrons. The molecule has 2 saturated heterocycles. The number of piperidine rings is 1. The average Bonchev–Trinajstić information content (AvgIpc) is 3.02. The van der Waals surface area contributed by atoms with Gasteiger partial charge in [-0.2, -0.15) is 0 Å². The van der Waals surface area contributed by atoms with E-state index in [1.165, 1.54) is 5.56 Å². The second-order valence-corrected chi connectivity index (χ2v) is 11.3. The normalized spacial score (nSPS) is 20.4. The predicted octanol–water partition coefficient (Wildman–Crippen LogP) is 4.49. The number of carbonyl (C=O) groups is 1. The molecule has 8 nitrogen and oxygen atoms in total. The second kappa shape index (κ2) is 13.6. The molecule has 3 heterocycles. The van der Waals surface area contributed by atoms with E-state index >= 15 is 0 Å². The van der Waals surface area contributed by atoms with E-state index < -0.39 is 0 Å². The van der Waals surface area contributed by atoms with Gasteiger partial charge in [0.15, 0.2) is 0 Å². The van der Waals surface area contributed by atoms with Gasteiger partial charge in [-0.15, -0.1) is 0 Å². The summed E-state index contributed by atoms with van der Waals surface area (Å²) in [6.45, 7) is 6.81. The first kappa shape index (κ1) is 28.5. The number of amides is 1. The lowest BCUT2D eigenvalue weighted by atomic mass is 9.87. The van der Waals surface area contributed by atoms with Crippen LogP contribution in [-0.2, 0) is 16.1 Å². The van der Waals surface area contributed by atoms with Crippen molar-refractivity contribution < 1.29 is 23.7 Å². The van der Waals surface area contributed by atoms with Crippen LogP contribution in [0, 0.1) is 0 Å². The second-order valence-electron chi connectivity index (χ2n) is 11.3. The van der Waals surface area contributed by atoms with Crippen molar-refractivity contribution in [2.45, 2.75) is 37.6 Å². The van der Waals surface area contributed by atoms with Crippen molar-refractivity contribution >= 4 is 11.6 Å². The highest BCUT2D eigenvalue weighted by Crippen LogP contribution is 2.34. The van der Waals surface area contributed by atoms with E-state index in [1.807, 2.05) is 47.4 Å². The third kappa shape index (κ3) is 6.72. The fourth-order valence-electron chi connectivity index (χ4n) is 6.06. The van der Waals surface area contributed by atoms with Gasteiger partial charge < -0.3 is 34.1 Å². The fraction of sp³-hybridized carbons (Fsp3) is 0.441. The quantitative estimate of drug-likeness (QED) is 0.340. The van der Waals surface area contributed by atoms with Crippen LogP contribution in [0.15, 0.2) is 72.8 Å². The topological polar surface area (TPSA) is 72.5 Å². The SMILES string of the molecule is COCCCN1CCOc2ccc(CO[C@H]3CNCC[C@@H]3c3ccc(C(=O)N4CC(Oc5ccccc5)C4)cc3)cc21. The Morgan fingerprint density at radius 3 is 2.69 bits per heavy atom. The van der Waals surface area contributed by atoms with Crippen molar-refractivity contribution in [3.63, 3.8) is 0 Å². The summed E-state index contributed by atoms with van der Waals surface area (Å²) in [6, 6.07) is 24.3. The average molecular weight is 572 g/mol. The molecule has 0 aliphatic carbocycles. The molecule has 8 heteroatoms. The number of anilines is 1. The number of nitrogens with one attached hydrogen (secondary N) is 1. The third-order valence-electron chi connectivity index (χ3n) is 8.42. The predicted molar refractivity (Wildman–Crippen MR) is 163 cm³/mol. The summed E-state index contributed by atoms with van der Waals surface area (Å²) >= 11 is 0. The summed E-state index contributed by atoms with van der Waals surface area (Å²) in [5.41, 5.74) is 4.22. The van der Waals surface area contributed by atoms with Gasteiger partial charge in [-0.3, -0.25) is 4.79 Å². The van der Waals surface area contributed by atoms with E-state index in [0.29, 0.717) is 26.3 Å². The third-order valence-corrected chi connectivity index (χ3v) is 8.42. The van der Waals surface area contributed by atoms with Crippen LogP contribution >= 0.6 is 0 Å². The maximum atomic E-state index is 13.1. The molecule has 0 unspecified atom stereocenters. The number of nitrogens with zero attached hydrogens (tertiary/aromatic N) is 2. The van der Waals surface area contributed by atoms with Crippen molar-refractivity contribution in [2.24, 2.45) is 0 Å². The maximum Gasteiger partial charge on any atom is 0.254 e. The van der Waals surface area contributed by atoms with Gasteiger partial charge in [0, 0.05) is 38.3 Å². The van der Waals surface area contributed by atoms with E-state index in [0.717, 1.165) is 73.9 Å². The number of hydrogen-bond acceptors (Lipinski definition) is 7. The highest BCUT2D eigenvalue weighted by molar-refractivity contribution is 5.94. The molecule has 3 aromatic carbocycles. The van der Waals surface area contributed by atoms with E-state index in [1.54, 1.807) is 7.11 Å². The minimum Gasteiger partial charge on any atom is -0.490 e. The Labute approximate surface area is 248 Å². The van der Waals surface area contributed by atoms with Crippen LogP contribution in [0.25, 0.3) is 0 Å². The molecule has 2 atom stereocenters. The Kier molecular flexibility index (Phi) is 9.23. The van der Waals surface area contributed by atoms with Crippen LogP contribution in [0.4, 0.5) is 5.69 Å². The molecule has 2 fully saturated rings. The van der Waals surface area contributed by atoms with Crippen LogP contribution in [0.5, 0.6) is 11.5 Å². The standard InChI is InChI=1S/C34H41N3O5/c1-39-18-5-16-36-17-19-40-32-13-8-25(20-31(32)36)24-41-33-21-35-15-14-30(33)26-9-11-27(12-10-26)34(38)37-22-29(23-37)42-28-6-3-2-4-7-28/h2-4,6-13,20,29-30,33,35H,5,14-19,21-24H2,1H3/t30-,33+/m1/s1. The number of ether oxygens (including phenoxy) is 4. The molecule has 6 rings (SSSR count). The molecular formula is C34H41N3O5.